The fraction of sp³-hybridized carbons (Fsp3) is 0.200. The lowest BCUT2D eigenvalue weighted by molar-refractivity contribution is 1.26. The van der Waals surface area contributed by atoms with Crippen LogP contribution in [0.2, 0.25) is 10.0 Å². The predicted octanol–water partition coefficient (Wildman–Crippen LogP) is 4.11. The minimum Gasteiger partial charge on any atom is -0.0913 e. The lowest BCUT2D eigenvalue weighted by atomic mass is 10.1. The molecule has 0 amide bonds. The zero-order valence-electron chi connectivity index (χ0n) is 6.85. The van der Waals surface area contributed by atoms with Crippen molar-refractivity contribution in [2.75, 3.05) is 0 Å². The van der Waals surface area contributed by atoms with Crippen molar-refractivity contribution in [3.8, 4) is 0 Å². The Bertz CT molecular complexity index is 290. The van der Waals surface area contributed by atoms with Gasteiger partial charge in [-0.2, -0.15) is 0 Å². The third-order valence-electron chi connectivity index (χ3n) is 1.61. The molecule has 64 valence electrons. The third-order valence-corrected chi connectivity index (χ3v) is 2.46. The summed E-state index contributed by atoms with van der Waals surface area (Å²) in [7, 11) is 0. The van der Waals surface area contributed by atoms with Crippen LogP contribution in [0.1, 0.15) is 12.5 Å². The summed E-state index contributed by atoms with van der Waals surface area (Å²) in [5, 5.41) is 1.29. The molecule has 0 radical (unpaired) electrons. The van der Waals surface area contributed by atoms with Crippen LogP contribution in [-0.2, 0) is 6.42 Å². The summed E-state index contributed by atoms with van der Waals surface area (Å²) in [6.45, 7) is 1.98. The van der Waals surface area contributed by atoms with Crippen molar-refractivity contribution in [2.45, 2.75) is 13.3 Å². The topological polar surface area (TPSA) is 0 Å². The molecule has 0 unspecified atom stereocenters. The molecule has 0 aliphatic rings. The Morgan fingerprint density at radius 1 is 1.33 bits per heavy atom. The third kappa shape index (κ3) is 2.26. The van der Waals surface area contributed by atoms with Gasteiger partial charge in [0.05, 0.1) is 10.0 Å². The van der Waals surface area contributed by atoms with Gasteiger partial charge in [0.25, 0.3) is 0 Å². The molecule has 0 saturated heterocycles. The van der Waals surface area contributed by atoms with E-state index in [4.69, 9.17) is 23.2 Å². The molecule has 0 heterocycles. The van der Waals surface area contributed by atoms with Gasteiger partial charge < -0.3 is 0 Å². The van der Waals surface area contributed by atoms with Crippen LogP contribution in [0, 0.1) is 0 Å². The Kier molecular flexibility index (Phi) is 3.64. The van der Waals surface area contributed by atoms with Crippen LogP contribution >= 0.6 is 23.2 Å². The van der Waals surface area contributed by atoms with Gasteiger partial charge in [-0.1, -0.05) is 47.5 Å². The van der Waals surface area contributed by atoms with E-state index in [1.807, 2.05) is 25.1 Å². The van der Waals surface area contributed by atoms with Crippen LogP contribution < -0.4 is 0 Å². The van der Waals surface area contributed by atoms with E-state index in [0.29, 0.717) is 10.0 Å². The second-order valence-corrected chi connectivity index (χ2v) is 3.27. The van der Waals surface area contributed by atoms with E-state index in [9.17, 15) is 0 Å². The van der Waals surface area contributed by atoms with Crippen molar-refractivity contribution in [1.82, 2.24) is 0 Å². The monoisotopic (exact) mass is 200 g/mol. The Morgan fingerprint density at radius 2 is 2.08 bits per heavy atom. The van der Waals surface area contributed by atoms with Crippen LogP contribution in [0.15, 0.2) is 30.4 Å². The Balaban J connectivity index is 2.92. The van der Waals surface area contributed by atoms with Crippen molar-refractivity contribution in [3.05, 3.63) is 46.0 Å². The molecule has 0 atom stereocenters. The van der Waals surface area contributed by atoms with E-state index < -0.39 is 0 Å². The minimum atomic E-state index is 0.624. The summed E-state index contributed by atoms with van der Waals surface area (Å²) >= 11 is 11.8. The highest BCUT2D eigenvalue weighted by molar-refractivity contribution is 6.42. The van der Waals surface area contributed by atoms with E-state index in [0.717, 1.165) is 12.0 Å². The van der Waals surface area contributed by atoms with Crippen LogP contribution in [0.5, 0.6) is 0 Å². The molecule has 1 aromatic rings. The van der Waals surface area contributed by atoms with Crippen molar-refractivity contribution >= 4 is 23.2 Å². The fourth-order valence-corrected chi connectivity index (χ4v) is 1.35. The molecule has 0 saturated carbocycles. The van der Waals surface area contributed by atoms with E-state index in [-0.39, 0.29) is 0 Å². The molecule has 0 spiro atoms. The first-order valence-corrected chi connectivity index (χ1v) is 4.55. The molecular weight excluding hydrogens is 191 g/mol. The van der Waals surface area contributed by atoms with Gasteiger partial charge in [-0.15, -0.1) is 0 Å². The van der Waals surface area contributed by atoms with Gasteiger partial charge in [0.2, 0.25) is 0 Å². The first-order chi connectivity index (χ1) is 5.75. The molecule has 0 aliphatic carbocycles. The second kappa shape index (κ2) is 4.54. The van der Waals surface area contributed by atoms with Crippen LogP contribution in [0.4, 0.5) is 0 Å². The molecule has 0 bridgehead atoms. The minimum absolute atomic E-state index is 0.624. The van der Waals surface area contributed by atoms with Crippen LogP contribution in [-0.4, -0.2) is 0 Å². The average Bonchev–Trinajstić information content (AvgIpc) is 2.08. The van der Waals surface area contributed by atoms with Crippen LogP contribution in [0.25, 0.3) is 0 Å². The fourth-order valence-electron chi connectivity index (χ4n) is 0.951. The van der Waals surface area contributed by atoms with E-state index >= 15 is 0 Å². The highest BCUT2D eigenvalue weighted by atomic mass is 35.5. The molecule has 0 aliphatic heterocycles. The van der Waals surface area contributed by atoms with Gasteiger partial charge in [0.15, 0.2) is 0 Å². The SMILES string of the molecule is CC=CCc1cccc(Cl)c1Cl. The van der Waals surface area contributed by atoms with E-state index in [1.54, 1.807) is 6.07 Å². The number of hydrogen-bond acceptors (Lipinski definition) is 0. The predicted molar refractivity (Wildman–Crippen MR) is 55.0 cm³/mol. The summed E-state index contributed by atoms with van der Waals surface area (Å²) in [5.74, 6) is 0. The first kappa shape index (κ1) is 9.63. The zero-order valence-corrected chi connectivity index (χ0v) is 8.36. The van der Waals surface area contributed by atoms with Gasteiger partial charge >= 0.3 is 0 Å². The van der Waals surface area contributed by atoms with Gasteiger partial charge in [-0.25, -0.2) is 0 Å². The number of hydrogen-bond donors (Lipinski definition) is 0. The first-order valence-electron chi connectivity index (χ1n) is 3.79. The highest BCUT2D eigenvalue weighted by Crippen LogP contribution is 2.25. The smallest absolute Gasteiger partial charge is 0.0627 e. The van der Waals surface area contributed by atoms with Crippen molar-refractivity contribution < 1.29 is 0 Å². The molecule has 0 N–H and O–H groups in total. The molecular formula is C10H10Cl2. The lowest BCUT2D eigenvalue weighted by Gasteiger charge is -2.01. The van der Waals surface area contributed by atoms with Crippen molar-refractivity contribution in [3.63, 3.8) is 0 Å². The molecule has 2 heteroatoms. The van der Waals surface area contributed by atoms with E-state index in [1.165, 1.54) is 0 Å². The maximum atomic E-state index is 5.96. The second-order valence-electron chi connectivity index (χ2n) is 2.49. The normalized spacial score (nSPS) is 10.9. The van der Waals surface area contributed by atoms with Gasteiger partial charge in [0.1, 0.15) is 0 Å². The standard InChI is InChI=1S/C10H10Cl2/c1-2-3-5-8-6-4-7-9(11)10(8)12/h2-4,6-7H,5H2,1H3. The highest BCUT2D eigenvalue weighted by Gasteiger charge is 2.01. The number of rotatable bonds is 2. The van der Waals surface area contributed by atoms with Gasteiger partial charge in [-0.05, 0) is 25.0 Å². The summed E-state index contributed by atoms with van der Waals surface area (Å²) in [4.78, 5) is 0. The molecule has 1 rings (SSSR count). The largest absolute Gasteiger partial charge is 0.0913 e. The Hall–Kier alpha value is -0.460. The van der Waals surface area contributed by atoms with E-state index in [2.05, 4.69) is 6.08 Å². The number of benzene rings is 1. The van der Waals surface area contributed by atoms with Gasteiger partial charge in [-0.3, -0.25) is 0 Å². The summed E-state index contributed by atoms with van der Waals surface area (Å²) < 4.78 is 0. The molecule has 0 fully saturated rings. The maximum Gasteiger partial charge on any atom is 0.0627 e. The van der Waals surface area contributed by atoms with Crippen molar-refractivity contribution in [2.24, 2.45) is 0 Å². The lowest BCUT2D eigenvalue weighted by Crippen LogP contribution is -1.82. The summed E-state index contributed by atoms with van der Waals surface area (Å²) in [6.07, 6.45) is 4.89. The number of halogens is 2. The Morgan fingerprint density at radius 3 is 2.75 bits per heavy atom. The van der Waals surface area contributed by atoms with Gasteiger partial charge in [0, 0.05) is 0 Å². The molecule has 0 aromatic heterocycles. The maximum absolute atomic E-state index is 5.96. The Labute approximate surface area is 82.8 Å². The molecule has 12 heavy (non-hydrogen) atoms. The quantitative estimate of drug-likeness (QED) is 0.631. The summed E-state index contributed by atoms with van der Waals surface area (Å²) in [6, 6.07) is 5.68. The molecule has 0 nitrogen and oxygen atoms in total. The zero-order chi connectivity index (χ0) is 8.97. The van der Waals surface area contributed by atoms with Crippen molar-refractivity contribution in [1.29, 1.82) is 0 Å². The van der Waals surface area contributed by atoms with Crippen LogP contribution in [0.3, 0.4) is 0 Å². The average molecular weight is 201 g/mol. The number of allylic oxidation sites excluding steroid dienone is 2. The summed E-state index contributed by atoms with van der Waals surface area (Å²) in [5.41, 5.74) is 1.07. The molecule has 1 aromatic carbocycles.